The van der Waals surface area contributed by atoms with Gasteiger partial charge in [0.25, 0.3) is 0 Å². The molecule has 106 valence electrons. The second-order valence-electron chi connectivity index (χ2n) is 3.30. The monoisotopic (exact) mass is 409 g/mol. The molecule has 0 amide bonds. The quantitative estimate of drug-likeness (QED) is 0.436. The molecule has 0 aliphatic heterocycles. The summed E-state index contributed by atoms with van der Waals surface area (Å²) in [5.74, 6) is -1.11. The van der Waals surface area contributed by atoms with E-state index in [4.69, 9.17) is 11.6 Å². The smallest absolute Gasteiger partial charge is 0.469 e. The number of carbonyl (C=O) groups excluding carboxylic acids is 1. The Kier molecular flexibility index (Phi) is 5.65. The van der Waals surface area contributed by atoms with E-state index >= 15 is 0 Å². The highest BCUT2D eigenvalue weighted by molar-refractivity contribution is 14.1. The van der Waals surface area contributed by atoms with Crippen molar-refractivity contribution in [2.75, 3.05) is 7.11 Å². The summed E-state index contributed by atoms with van der Waals surface area (Å²) in [5.41, 5.74) is 0.579. The van der Waals surface area contributed by atoms with Gasteiger partial charge in [-0.25, -0.2) is 0 Å². The Morgan fingerprint density at radius 2 is 2.16 bits per heavy atom. The van der Waals surface area contributed by atoms with Crippen LogP contribution in [-0.2, 0) is 21.8 Å². The van der Waals surface area contributed by atoms with E-state index in [1.807, 2.05) is 0 Å². The summed E-state index contributed by atoms with van der Waals surface area (Å²) in [6.45, 7) is 0. The fourth-order valence-corrected chi connectivity index (χ4v) is 2.24. The summed E-state index contributed by atoms with van der Waals surface area (Å²) in [6.07, 6.45) is -4.13. The van der Waals surface area contributed by atoms with Crippen molar-refractivity contribution in [3.8, 4) is 5.75 Å². The summed E-state index contributed by atoms with van der Waals surface area (Å²) < 4.78 is 45.0. The molecule has 0 saturated carbocycles. The van der Waals surface area contributed by atoms with Crippen molar-refractivity contribution in [3.63, 3.8) is 0 Å². The third-order valence-corrected chi connectivity index (χ3v) is 3.50. The number of pyridine rings is 1. The van der Waals surface area contributed by atoms with E-state index in [2.05, 4.69) is 14.5 Å². The number of nitrogens with zero attached hydrogens (tertiary/aromatic N) is 1. The first-order valence-electron chi connectivity index (χ1n) is 4.83. The topological polar surface area (TPSA) is 48.4 Å². The largest absolute Gasteiger partial charge is 0.573 e. The fraction of sp³-hybridized carbons (Fsp3) is 0.400. The maximum atomic E-state index is 12.2. The van der Waals surface area contributed by atoms with Crippen LogP contribution in [0.2, 0.25) is 0 Å². The molecular weight excluding hydrogens is 401 g/mol. The van der Waals surface area contributed by atoms with E-state index in [1.165, 1.54) is 7.11 Å². The first kappa shape index (κ1) is 16.3. The number of hydrogen-bond donors (Lipinski definition) is 0. The van der Waals surface area contributed by atoms with E-state index in [0.717, 1.165) is 6.20 Å². The number of methoxy groups -OCH3 is 1. The number of carbonyl (C=O) groups is 1. The van der Waals surface area contributed by atoms with Gasteiger partial charge in [0.1, 0.15) is 0 Å². The van der Waals surface area contributed by atoms with Crippen molar-refractivity contribution >= 4 is 40.2 Å². The molecule has 19 heavy (non-hydrogen) atoms. The van der Waals surface area contributed by atoms with Gasteiger partial charge < -0.3 is 9.47 Å². The van der Waals surface area contributed by atoms with Gasteiger partial charge in [-0.2, -0.15) is 0 Å². The molecule has 0 atom stereocenters. The third kappa shape index (κ3) is 4.68. The molecule has 0 saturated heterocycles. The molecule has 0 aliphatic rings. The van der Waals surface area contributed by atoms with Crippen LogP contribution in [0.1, 0.15) is 11.3 Å². The molecule has 1 rings (SSSR count). The molecule has 1 aromatic heterocycles. The van der Waals surface area contributed by atoms with E-state index < -0.39 is 18.1 Å². The molecule has 0 aliphatic carbocycles. The molecule has 0 aromatic carbocycles. The lowest BCUT2D eigenvalue weighted by Crippen LogP contribution is -2.19. The minimum Gasteiger partial charge on any atom is -0.469 e. The summed E-state index contributed by atoms with van der Waals surface area (Å²) in [4.78, 5) is 15.0. The Morgan fingerprint density at radius 3 is 2.63 bits per heavy atom. The van der Waals surface area contributed by atoms with Gasteiger partial charge in [0.05, 0.1) is 34.9 Å². The van der Waals surface area contributed by atoms with E-state index in [-0.39, 0.29) is 21.4 Å². The van der Waals surface area contributed by atoms with Crippen LogP contribution in [0.5, 0.6) is 5.75 Å². The van der Waals surface area contributed by atoms with Gasteiger partial charge in [-0.15, -0.1) is 24.8 Å². The number of rotatable bonds is 4. The predicted octanol–water partition coefficient (Wildman–Crippen LogP) is 3.04. The predicted molar refractivity (Wildman–Crippen MR) is 68.9 cm³/mol. The van der Waals surface area contributed by atoms with Gasteiger partial charge in [-0.05, 0) is 22.6 Å². The zero-order valence-electron chi connectivity index (χ0n) is 9.55. The normalized spacial score (nSPS) is 11.3. The highest BCUT2D eigenvalue weighted by Crippen LogP contribution is 2.31. The number of ether oxygens (including phenoxy) is 2. The second-order valence-corrected chi connectivity index (χ2v) is 4.64. The Balaban J connectivity index is 3.18. The molecule has 1 aromatic rings. The maximum Gasteiger partial charge on any atom is 0.573 e. The zero-order valence-corrected chi connectivity index (χ0v) is 12.5. The van der Waals surface area contributed by atoms with Crippen LogP contribution < -0.4 is 4.74 Å². The fourth-order valence-electron chi connectivity index (χ4n) is 1.25. The Hall–Kier alpha value is -0.770. The molecule has 0 fully saturated rings. The van der Waals surface area contributed by atoms with Crippen LogP contribution in [-0.4, -0.2) is 24.4 Å². The number of aromatic nitrogens is 1. The second kappa shape index (κ2) is 6.60. The van der Waals surface area contributed by atoms with Crippen LogP contribution in [0.15, 0.2) is 6.20 Å². The molecule has 4 nitrogen and oxygen atoms in total. The van der Waals surface area contributed by atoms with Gasteiger partial charge in [0.15, 0.2) is 5.75 Å². The van der Waals surface area contributed by atoms with Crippen LogP contribution in [0.4, 0.5) is 13.2 Å². The van der Waals surface area contributed by atoms with Crippen molar-refractivity contribution in [2.45, 2.75) is 18.7 Å². The first-order chi connectivity index (χ1) is 8.78. The molecule has 0 unspecified atom stereocenters. The van der Waals surface area contributed by atoms with Gasteiger partial charge in [-0.1, -0.05) is 0 Å². The van der Waals surface area contributed by atoms with Crippen molar-refractivity contribution < 1.29 is 27.4 Å². The average Bonchev–Trinajstić information content (AvgIpc) is 2.32. The molecule has 0 radical (unpaired) electrons. The van der Waals surface area contributed by atoms with E-state index in [9.17, 15) is 18.0 Å². The number of hydrogen-bond acceptors (Lipinski definition) is 4. The lowest BCUT2D eigenvalue weighted by atomic mass is 10.1. The van der Waals surface area contributed by atoms with Crippen molar-refractivity contribution in [3.05, 3.63) is 21.0 Å². The van der Waals surface area contributed by atoms with Gasteiger partial charge in [0, 0.05) is 5.56 Å². The summed E-state index contributed by atoms with van der Waals surface area (Å²) in [7, 11) is 1.18. The van der Waals surface area contributed by atoms with Crippen LogP contribution in [0.25, 0.3) is 0 Å². The minimum atomic E-state index is -4.83. The third-order valence-electron chi connectivity index (χ3n) is 2.07. The molecule has 0 spiro atoms. The molecule has 9 heteroatoms. The molecule has 0 bridgehead atoms. The summed E-state index contributed by atoms with van der Waals surface area (Å²) in [6, 6.07) is 0. The zero-order chi connectivity index (χ0) is 14.6. The highest BCUT2D eigenvalue weighted by atomic mass is 127. The van der Waals surface area contributed by atoms with Crippen LogP contribution in [0.3, 0.4) is 0 Å². The lowest BCUT2D eigenvalue weighted by molar-refractivity contribution is -0.275. The van der Waals surface area contributed by atoms with Crippen molar-refractivity contribution in [1.29, 1.82) is 0 Å². The van der Waals surface area contributed by atoms with E-state index in [0.29, 0.717) is 5.69 Å². The standard InChI is InChI=1S/C10H8ClF3INO3/c1-18-8(17)2-5-6(3-11)16-4-7(9(5)15)19-10(12,13)14/h4H,2-3H2,1H3. The molecular formula is C10H8ClF3INO3. The van der Waals surface area contributed by atoms with Crippen molar-refractivity contribution in [2.24, 2.45) is 0 Å². The Labute approximate surface area is 125 Å². The van der Waals surface area contributed by atoms with Crippen LogP contribution >= 0.6 is 34.2 Å². The molecule has 1 heterocycles. The van der Waals surface area contributed by atoms with Gasteiger partial charge >= 0.3 is 12.3 Å². The molecule has 0 N–H and O–H groups in total. The Morgan fingerprint density at radius 1 is 1.53 bits per heavy atom. The highest BCUT2D eigenvalue weighted by Gasteiger charge is 2.33. The van der Waals surface area contributed by atoms with Crippen molar-refractivity contribution in [1.82, 2.24) is 4.98 Å². The van der Waals surface area contributed by atoms with Gasteiger partial charge in [-0.3, -0.25) is 9.78 Å². The van der Waals surface area contributed by atoms with Gasteiger partial charge in [0.2, 0.25) is 0 Å². The minimum absolute atomic E-state index is 0.0331. The number of esters is 1. The maximum absolute atomic E-state index is 12.2. The van der Waals surface area contributed by atoms with E-state index in [1.54, 1.807) is 22.6 Å². The average molecular weight is 410 g/mol. The summed E-state index contributed by atoms with van der Waals surface area (Å²) in [5, 5.41) is 0. The SMILES string of the molecule is COC(=O)Cc1c(CCl)ncc(OC(F)(F)F)c1I. The number of halogens is 5. The summed E-state index contributed by atoms with van der Waals surface area (Å²) >= 11 is 7.28. The van der Waals surface area contributed by atoms with Crippen LogP contribution in [0, 0.1) is 3.57 Å². The lowest BCUT2D eigenvalue weighted by Gasteiger charge is -2.14. The Bertz CT molecular complexity index is 482. The first-order valence-corrected chi connectivity index (χ1v) is 6.44. The number of alkyl halides is 4.